The molecule has 23 heavy (non-hydrogen) atoms. The van der Waals surface area contributed by atoms with Crippen LogP contribution in [0.1, 0.15) is 10.4 Å². The molecule has 116 valence electrons. The molecule has 3 aromatic rings. The van der Waals surface area contributed by atoms with E-state index in [4.69, 9.17) is 23.8 Å². The monoisotopic (exact) mass is 520 g/mol. The Kier molecular flexibility index (Phi) is 4.73. The van der Waals surface area contributed by atoms with Crippen LogP contribution in [0.25, 0.3) is 10.9 Å². The minimum absolute atomic E-state index is 0.0322. The average Bonchev–Trinajstić information content (AvgIpc) is 2.50. The van der Waals surface area contributed by atoms with Crippen molar-refractivity contribution in [2.75, 3.05) is 0 Å². The summed E-state index contributed by atoms with van der Waals surface area (Å²) < 4.78 is 2.53. The van der Waals surface area contributed by atoms with Gasteiger partial charge >= 0.3 is 0 Å². The Labute approximate surface area is 162 Å². The number of benzene rings is 2. The second-order valence-electron chi connectivity index (χ2n) is 4.69. The molecule has 0 radical (unpaired) electrons. The van der Waals surface area contributed by atoms with Crippen molar-refractivity contribution < 1.29 is 4.79 Å². The molecule has 0 bridgehead atoms. The highest BCUT2D eigenvalue weighted by Gasteiger charge is 2.18. The fourth-order valence-electron chi connectivity index (χ4n) is 2.15. The molecule has 0 aliphatic carbocycles. The lowest BCUT2D eigenvalue weighted by atomic mass is 10.2. The van der Waals surface area contributed by atoms with Crippen molar-refractivity contribution in [2.24, 2.45) is 0 Å². The number of hydrogen-bond donors (Lipinski definition) is 1. The topological polar surface area (TPSA) is 54.9 Å². The number of fused-ring (bicyclic) bond motifs is 1. The predicted molar refractivity (Wildman–Crippen MR) is 105 cm³/mol. The Hall–Kier alpha value is -1.03. The molecule has 0 atom stereocenters. The fourth-order valence-corrected chi connectivity index (χ4v) is 3.48. The lowest BCUT2D eigenvalue weighted by Gasteiger charge is -2.09. The standard InChI is InChI=1S/C15H7BrClIN2O2S/c16-7-1-3-11(17)9(5-7)13(21)20-14(22)10-6-8(18)2-4-12(10)19-15(20)23/h1-6H,(H,19,23). The van der Waals surface area contributed by atoms with Gasteiger partial charge in [-0.1, -0.05) is 27.5 Å². The normalized spacial score (nSPS) is 10.9. The molecular weight excluding hydrogens is 515 g/mol. The van der Waals surface area contributed by atoms with Crippen LogP contribution in [-0.2, 0) is 0 Å². The van der Waals surface area contributed by atoms with Crippen molar-refractivity contribution >= 4 is 79.1 Å². The van der Waals surface area contributed by atoms with Gasteiger partial charge in [0.1, 0.15) is 0 Å². The molecule has 0 unspecified atom stereocenters. The molecule has 3 rings (SSSR count). The van der Waals surface area contributed by atoms with Crippen molar-refractivity contribution in [3.8, 4) is 0 Å². The molecule has 0 amide bonds. The maximum absolute atomic E-state index is 12.8. The van der Waals surface area contributed by atoms with E-state index < -0.39 is 11.5 Å². The molecule has 1 aromatic heterocycles. The Balaban J connectivity index is 2.32. The zero-order chi connectivity index (χ0) is 16.7. The highest BCUT2D eigenvalue weighted by molar-refractivity contribution is 14.1. The Morgan fingerprint density at radius 3 is 2.74 bits per heavy atom. The van der Waals surface area contributed by atoms with Crippen LogP contribution in [0.5, 0.6) is 0 Å². The number of nitrogens with zero attached hydrogens (tertiary/aromatic N) is 1. The summed E-state index contributed by atoms with van der Waals surface area (Å²) in [4.78, 5) is 28.4. The zero-order valence-corrected chi connectivity index (χ0v) is 16.6. The van der Waals surface area contributed by atoms with Crippen LogP contribution in [0.15, 0.2) is 45.7 Å². The number of H-pyrrole nitrogens is 1. The first-order valence-electron chi connectivity index (χ1n) is 6.33. The van der Waals surface area contributed by atoms with Gasteiger partial charge in [0.25, 0.3) is 11.5 Å². The molecular formula is C15H7BrClIN2O2S. The molecule has 0 aliphatic heterocycles. The second kappa shape index (κ2) is 6.46. The molecule has 1 heterocycles. The number of aromatic amines is 1. The van der Waals surface area contributed by atoms with Gasteiger partial charge in [-0.15, -0.1) is 0 Å². The highest BCUT2D eigenvalue weighted by atomic mass is 127. The van der Waals surface area contributed by atoms with Crippen molar-refractivity contribution in [3.05, 3.63) is 70.2 Å². The molecule has 2 aromatic carbocycles. The van der Waals surface area contributed by atoms with Gasteiger partial charge in [0.2, 0.25) is 0 Å². The minimum atomic E-state index is -0.566. The fraction of sp³-hybridized carbons (Fsp3) is 0. The third kappa shape index (κ3) is 3.15. The molecule has 0 saturated carbocycles. The van der Waals surface area contributed by atoms with E-state index in [-0.39, 0.29) is 15.4 Å². The van der Waals surface area contributed by atoms with Crippen LogP contribution in [0.3, 0.4) is 0 Å². The first kappa shape index (κ1) is 16.8. The van der Waals surface area contributed by atoms with Gasteiger partial charge in [-0.05, 0) is 71.2 Å². The van der Waals surface area contributed by atoms with Crippen molar-refractivity contribution in [1.82, 2.24) is 9.55 Å². The van der Waals surface area contributed by atoms with E-state index in [1.807, 2.05) is 6.07 Å². The summed E-state index contributed by atoms with van der Waals surface area (Å²) in [5, 5.41) is 0.646. The maximum Gasteiger partial charge on any atom is 0.269 e. The Morgan fingerprint density at radius 2 is 2.00 bits per heavy atom. The van der Waals surface area contributed by atoms with E-state index in [1.165, 1.54) is 0 Å². The van der Waals surface area contributed by atoms with Gasteiger partial charge in [0.05, 0.1) is 21.5 Å². The molecule has 0 fully saturated rings. The highest BCUT2D eigenvalue weighted by Crippen LogP contribution is 2.22. The number of carbonyl (C=O) groups is 1. The van der Waals surface area contributed by atoms with Crippen LogP contribution in [0.2, 0.25) is 5.02 Å². The molecule has 0 spiro atoms. The van der Waals surface area contributed by atoms with Gasteiger partial charge in [0, 0.05) is 8.04 Å². The molecule has 0 aliphatic rings. The van der Waals surface area contributed by atoms with E-state index in [0.717, 1.165) is 8.14 Å². The summed E-state index contributed by atoms with van der Waals surface area (Å²) in [7, 11) is 0. The number of halogens is 3. The summed E-state index contributed by atoms with van der Waals surface area (Å²) in [6.45, 7) is 0. The lowest BCUT2D eigenvalue weighted by Crippen LogP contribution is -2.29. The quantitative estimate of drug-likeness (QED) is 0.371. The van der Waals surface area contributed by atoms with Crippen LogP contribution in [0.4, 0.5) is 0 Å². The SMILES string of the molecule is O=C(c1cc(Br)ccc1Cl)n1c(=S)[nH]c2ccc(I)cc2c1=O. The van der Waals surface area contributed by atoms with E-state index in [1.54, 1.807) is 30.3 Å². The summed E-state index contributed by atoms with van der Waals surface area (Å²) in [6.07, 6.45) is 0. The van der Waals surface area contributed by atoms with Gasteiger partial charge in [-0.25, -0.2) is 4.57 Å². The molecule has 0 saturated heterocycles. The summed E-state index contributed by atoms with van der Waals surface area (Å²) >= 11 is 16.7. The van der Waals surface area contributed by atoms with E-state index in [9.17, 15) is 9.59 Å². The molecule has 8 heteroatoms. The second-order valence-corrected chi connectivity index (χ2v) is 7.65. The third-order valence-corrected chi connectivity index (χ3v) is 5.00. The van der Waals surface area contributed by atoms with Gasteiger partial charge in [-0.3, -0.25) is 9.59 Å². The lowest BCUT2D eigenvalue weighted by molar-refractivity contribution is 0.0953. The van der Waals surface area contributed by atoms with Gasteiger partial charge in [0.15, 0.2) is 4.77 Å². The summed E-state index contributed by atoms with van der Waals surface area (Å²) in [6, 6.07) is 10.2. The molecule has 1 N–H and O–H groups in total. The van der Waals surface area contributed by atoms with Crippen molar-refractivity contribution in [1.29, 1.82) is 0 Å². The van der Waals surface area contributed by atoms with Crippen molar-refractivity contribution in [3.63, 3.8) is 0 Å². The smallest absolute Gasteiger partial charge is 0.269 e. The van der Waals surface area contributed by atoms with Crippen LogP contribution in [-0.4, -0.2) is 15.5 Å². The number of rotatable bonds is 1. The zero-order valence-electron chi connectivity index (χ0n) is 11.3. The van der Waals surface area contributed by atoms with Gasteiger partial charge in [-0.2, -0.15) is 0 Å². The largest absolute Gasteiger partial charge is 0.331 e. The first-order chi connectivity index (χ1) is 10.9. The third-order valence-electron chi connectivity index (χ3n) is 3.22. The predicted octanol–water partition coefficient (Wildman–Crippen LogP) is 4.77. The minimum Gasteiger partial charge on any atom is -0.331 e. The number of hydrogen-bond acceptors (Lipinski definition) is 3. The van der Waals surface area contributed by atoms with E-state index in [2.05, 4.69) is 43.5 Å². The number of aromatic nitrogens is 2. The molecule has 4 nitrogen and oxygen atoms in total. The Bertz CT molecular complexity index is 1080. The number of carbonyl (C=O) groups excluding carboxylic acids is 1. The average molecular weight is 522 g/mol. The van der Waals surface area contributed by atoms with Gasteiger partial charge < -0.3 is 4.98 Å². The van der Waals surface area contributed by atoms with Crippen molar-refractivity contribution in [2.45, 2.75) is 0 Å². The number of nitrogens with one attached hydrogen (secondary N) is 1. The van der Waals surface area contributed by atoms with Crippen LogP contribution in [0, 0.1) is 8.34 Å². The summed E-state index contributed by atoms with van der Waals surface area (Å²) in [5.41, 5.74) is 0.320. The van der Waals surface area contributed by atoms with Crippen LogP contribution < -0.4 is 5.56 Å². The van der Waals surface area contributed by atoms with E-state index in [0.29, 0.717) is 15.4 Å². The van der Waals surface area contributed by atoms with Crippen LogP contribution >= 0.6 is 62.3 Å². The van der Waals surface area contributed by atoms with E-state index >= 15 is 0 Å². The Morgan fingerprint density at radius 1 is 1.26 bits per heavy atom. The first-order valence-corrected chi connectivity index (χ1v) is 8.98. The summed E-state index contributed by atoms with van der Waals surface area (Å²) in [5.74, 6) is -0.566. The maximum atomic E-state index is 12.8.